The summed E-state index contributed by atoms with van der Waals surface area (Å²) in [6.07, 6.45) is -3.34. The Kier molecular flexibility index (Phi) is 11.1. The third kappa shape index (κ3) is 8.03. The van der Waals surface area contributed by atoms with Crippen LogP contribution in [-0.4, -0.2) is 62.5 Å². The normalized spacial score (nSPS) is 17.8. The Hall–Kier alpha value is -5.58. The maximum Gasteiger partial charge on any atom is 0.290 e. The smallest absolute Gasteiger partial charge is 0.290 e. The molecule has 0 spiro atoms. The maximum atomic E-state index is 15.5. The molecule has 2 aromatic heterocycles. The fourth-order valence-electron chi connectivity index (χ4n) is 7.19. The molecule has 6 rings (SSSR count). The molecule has 292 valence electrons. The second-order valence-electron chi connectivity index (χ2n) is 14.1. The molecule has 2 aliphatic carbocycles. The van der Waals surface area contributed by atoms with E-state index in [2.05, 4.69) is 32.9 Å². The van der Waals surface area contributed by atoms with Crippen LogP contribution in [0.15, 0.2) is 53.7 Å². The summed E-state index contributed by atoms with van der Waals surface area (Å²) in [4.78, 5) is 18.5. The van der Waals surface area contributed by atoms with E-state index >= 15 is 8.78 Å². The predicted octanol–water partition coefficient (Wildman–Crippen LogP) is 6.83. The van der Waals surface area contributed by atoms with Gasteiger partial charge in [0.05, 0.1) is 46.0 Å². The Morgan fingerprint density at radius 3 is 2.45 bits per heavy atom. The second-order valence-corrected chi connectivity index (χ2v) is 14.5. The Bertz CT molecular complexity index is 2350. The average molecular weight is 797 g/mol. The number of carbonyl (C=O) groups excluding carboxylic acids is 1. The zero-order valence-electron chi connectivity index (χ0n) is 30.2. The molecule has 10 nitrogen and oxygen atoms in total. The number of allylic oxidation sites excluding steroid dienone is 2. The quantitative estimate of drug-likeness (QED) is 0.0457. The standard InChI is InChI=1S/C39H35ClF6N8O2/c1-38(2,56)11-10-22-4-5-23(24-7-9-27(40)31-34(24)54(3)53-37(31)49-13-12-47)33(51-22)28(16-19-14-20(41)17-21(42)15-19)52-29(55)18-50-35-30(32(48)36(43)44)25-6-8-26(25)39(35,45)46/h4-5,7,9,14-15,17,25-26,28,36,48,50,56H,6,8,13,16,18H2,1-3H3,(H,49,53)(H,52,55)/t25-,26+,28-/m0/s1. The molecule has 0 radical (unpaired) electrons. The molecule has 2 heterocycles. The van der Waals surface area contributed by atoms with Gasteiger partial charge in [0, 0.05) is 35.7 Å². The van der Waals surface area contributed by atoms with Crippen LogP contribution in [0.5, 0.6) is 0 Å². The number of fused-ring (bicyclic) bond motifs is 2. The highest BCUT2D eigenvalue weighted by molar-refractivity contribution is 6.37. The number of amides is 1. The Morgan fingerprint density at radius 2 is 1.82 bits per heavy atom. The van der Waals surface area contributed by atoms with Gasteiger partial charge in [-0.1, -0.05) is 23.6 Å². The van der Waals surface area contributed by atoms with Gasteiger partial charge in [-0.2, -0.15) is 19.1 Å². The predicted molar refractivity (Wildman–Crippen MR) is 197 cm³/mol. The van der Waals surface area contributed by atoms with E-state index in [0.717, 1.165) is 12.1 Å². The third-order valence-electron chi connectivity index (χ3n) is 9.66. The number of hydrogen-bond acceptors (Lipinski definition) is 8. The molecule has 2 aromatic carbocycles. The van der Waals surface area contributed by atoms with Gasteiger partial charge in [-0.05, 0) is 80.8 Å². The summed E-state index contributed by atoms with van der Waals surface area (Å²) in [5.41, 5.74) is -2.46. The monoisotopic (exact) mass is 796 g/mol. The van der Waals surface area contributed by atoms with Gasteiger partial charge in [-0.25, -0.2) is 22.5 Å². The van der Waals surface area contributed by atoms with Gasteiger partial charge in [-0.3, -0.25) is 14.9 Å². The molecule has 5 N–H and O–H groups in total. The van der Waals surface area contributed by atoms with Gasteiger partial charge >= 0.3 is 0 Å². The highest BCUT2D eigenvalue weighted by atomic mass is 35.5. The maximum absolute atomic E-state index is 15.5. The van der Waals surface area contributed by atoms with E-state index in [4.69, 9.17) is 22.0 Å². The lowest BCUT2D eigenvalue weighted by Gasteiger charge is -2.35. The Balaban J connectivity index is 1.47. The zero-order chi connectivity index (χ0) is 40.7. The molecule has 17 heteroatoms. The van der Waals surface area contributed by atoms with Gasteiger partial charge < -0.3 is 21.1 Å². The van der Waals surface area contributed by atoms with Crippen molar-refractivity contribution < 1.29 is 36.2 Å². The number of carbonyl (C=O) groups is 1. The van der Waals surface area contributed by atoms with Crippen molar-refractivity contribution in [3.8, 4) is 29.0 Å². The first-order chi connectivity index (χ1) is 26.4. The molecule has 2 aliphatic rings. The van der Waals surface area contributed by atoms with Crippen LogP contribution >= 0.6 is 11.6 Å². The van der Waals surface area contributed by atoms with Crippen LogP contribution in [0, 0.1) is 52.1 Å². The topological polar surface area (TPSA) is 152 Å². The van der Waals surface area contributed by atoms with Crippen LogP contribution in [0.3, 0.4) is 0 Å². The van der Waals surface area contributed by atoms with Crippen molar-refractivity contribution >= 4 is 39.9 Å². The summed E-state index contributed by atoms with van der Waals surface area (Å²) < 4.78 is 88.8. The summed E-state index contributed by atoms with van der Waals surface area (Å²) in [6.45, 7) is 1.98. The van der Waals surface area contributed by atoms with Crippen LogP contribution in [0.2, 0.25) is 5.02 Å². The van der Waals surface area contributed by atoms with Gasteiger partial charge in [0.25, 0.3) is 12.3 Å². The number of halogens is 7. The molecule has 1 amide bonds. The molecule has 0 unspecified atom stereocenters. The number of aromatic nitrogens is 3. The lowest BCUT2D eigenvalue weighted by Crippen LogP contribution is -2.42. The van der Waals surface area contributed by atoms with Crippen molar-refractivity contribution in [3.63, 3.8) is 0 Å². The minimum absolute atomic E-state index is 0.0625. The molecular weight excluding hydrogens is 762 g/mol. The number of nitrogens with one attached hydrogen (secondary N) is 4. The number of hydrogen-bond donors (Lipinski definition) is 5. The number of rotatable bonds is 12. The van der Waals surface area contributed by atoms with Crippen molar-refractivity contribution in [1.82, 2.24) is 25.4 Å². The molecule has 4 aromatic rings. The fraction of sp³-hybridized carbons (Fsp3) is 0.359. The molecule has 3 atom stereocenters. The van der Waals surface area contributed by atoms with Crippen LogP contribution in [-0.2, 0) is 18.3 Å². The summed E-state index contributed by atoms with van der Waals surface area (Å²) in [7, 11) is 1.64. The number of benzene rings is 2. The summed E-state index contributed by atoms with van der Waals surface area (Å²) in [6, 6.07) is 9.92. The number of pyridine rings is 1. The molecule has 0 saturated heterocycles. The number of alkyl halides is 4. The molecule has 0 aliphatic heterocycles. The van der Waals surface area contributed by atoms with Crippen LogP contribution in [0.4, 0.5) is 32.2 Å². The summed E-state index contributed by atoms with van der Waals surface area (Å²) in [5.74, 6) is -2.81. The SMILES string of the molecule is Cn1nc(NCC#N)c2c(Cl)ccc(-c3ccc(C#CC(C)(C)O)nc3[C@H](Cc3cc(F)cc(F)c3)NC(=O)CNC3=C(C(=N)C(F)F)[C@H]4CC[C@H]4C3(F)F)c21. The van der Waals surface area contributed by atoms with E-state index in [0.29, 0.717) is 33.9 Å². The number of nitrogens with zero attached hydrogens (tertiary/aromatic N) is 4. The Morgan fingerprint density at radius 1 is 1.12 bits per heavy atom. The minimum Gasteiger partial charge on any atom is -0.378 e. The minimum atomic E-state index is -3.59. The molecular formula is C39H35ClF6N8O2. The zero-order valence-corrected chi connectivity index (χ0v) is 30.9. The number of aryl methyl sites for hydroxylation is 1. The average Bonchev–Trinajstić information content (AvgIpc) is 3.50. The van der Waals surface area contributed by atoms with Gasteiger partial charge in [-0.15, -0.1) is 0 Å². The van der Waals surface area contributed by atoms with Crippen molar-refractivity contribution in [2.75, 3.05) is 18.4 Å². The van der Waals surface area contributed by atoms with Crippen LogP contribution in [0.25, 0.3) is 22.0 Å². The van der Waals surface area contributed by atoms with E-state index in [1.54, 1.807) is 31.3 Å². The Labute approximate surface area is 322 Å². The first-order valence-corrected chi connectivity index (χ1v) is 17.8. The lowest BCUT2D eigenvalue weighted by atomic mass is 9.71. The van der Waals surface area contributed by atoms with E-state index in [9.17, 15) is 32.7 Å². The molecule has 56 heavy (non-hydrogen) atoms. The number of nitriles is 1. The van der Waals surface area contributed by atoms with Gasteiger partial charge in [0.15, 0.2) is 5.82 Å². The van der Waals surface area contributed by atoms with Gasteiger partial charge in [0.2, 0.25) is 5.91 Å². The molecule has 1 saturated carbocycles. The van der Waals surface area contributed by atoms with Crippen molar-refractivity contribution in [2.45, 2.75) is 57.1 Å². The van der Waals surface area contributed by atoms with Crippen LogP contribution in [0.1, 0.15) is 49.7 Å². The lowest BCUT2D eigenvalue weighted by molar-refractivity contribution is -0.121. The van der Waals surface area contributed by atoms with Crippen LogP contribution < -0.4 is 16.0 Å². The van der Waals surface area contributed by atoms with E-state index in [1.807, 2.05) is 6.07 Å². The molecule has 1 fully saturated rings. The van der Waals surface area contributed by atoms with Gasteiger partial charge in [0.1, 0.15) is 35.2 Å². The largest absolute Gasteiger partial charge is 0.378 e. The second kappa shape index (κ2) is 15.5. The number of anilines is 1. The number of aliphatic hydroxyl groups is 1. The summed E-state index contributed by atoms with van der Waals surface area (Å²) >= 11 is 6.63. The highest BCUT2D eigenvalue weighted by Gasteiger charge is 2.61. The fourth-order valence-corrected chi connectivity index (χ4v) is 7.43. The highest BCUT2D eigenvalue weighted by Crippen LogP contribution is 2.58. The van der Waals surface area contributed by atoms with Crippen molar-refractivity contribution in [2.24, 2.45) is 18.9 Å². The van der Waals surface area contributed by atoms with E-state index < -0.39 is 76.9 Å². The van der Waals surface area contributed by atoms with Crippen molar-refractivity contribution in [1.29, 1.82) is 10.7 Å². The third-order valence-corrected chi connectivity index (χ3v) is 9.97. The molecule has 0 bridgehead atoms. The first kappa shape index (κ1) is 40.1. The van der Waals surface area contributed by atoms with E-state index in [1.165, 1.54) is 18.5 Å². The van der Waals surface area contributed by atoms with E-state index in [-0.39, 0.29) is 47.8 Å². The summed E-state index contributed by atoms with van der Waals surface area (Å²) in [5, 5.41) is 40.6. The van der Waals surface area contributed by atoms with Crippen molar-refractivity contribution in [3.05, 3.63) is 87.3 Å². The first-order valence-electron chi connectivity index (χ1n) is 17.4.